The van der Waals surface area contributed by atoms with Gasteiger partial charge in [-0.2, -0.15) is 0 Å². The molecule has 0 spiro atoms. The number of aromatic carboxylic acids is 2. The normalized spacial score (nSPS) is 16.4. The lowest BCUT2D eigenvalue weighted by atomic mass is 9.81. The molecule has 0 amide bonds. The highest BCUT2D eigenvalue weighted by Gasteiger charge is 2.19. The van der Waals surface area contributed by atoms with Gasteiger partial charge in [-0.3, -0.25) is 0 Å². The molecule has 0 aromatic heterocycles. The van der Waals surface area contributed by atoms with E-state index in [9.17, 15) is 19.8 Å². The first-order valence-electron chi connectivity index (χ1n) is 6.16. The van der Waals surface area contributed by atoms with E-state index in [1.165, 1.54) is 18.2 Å². The van der Waals surface area contributed by atoms with Gasteiger partial charge in [-0.25, -0.2) is 0 Å². The molecular weight excluding hydrogens is 232 g/mol. The Morgan fingerprint density at radius 1 is 1.00 bits per heavy atom. The Morgan fingerprint density at radius 3 is 2.22 bits per heavy atom. The van der Waals surface area contributed by atoms with E-state index < -0.39 is 11.9 Å². The fraction of sp³-hybridized carbons (Fsp3) is 0.429. The van der Waals surface area contributed by atoms with Crippen LogP contribution in [0, 0.1) is 0 Å². The van der Waals surface area contributed by atoms with Gasteiger partial charge >= 0.3 is 0 Å². The van der Waals surface area contributed by atoms with E-state index in [1.54, 1.807) is 0 Å². The molecule has 4 nitrogen and oxygen atoms in total. The largest absolute Gasteiger partial charge is 0.545 e. The lowest BCUT2D eigenvalue weighted by Crippen LogP contribution is -2.27. The highest BCUT2D eigenvalue weighted by Crippen LogP contribution is 2.34. The maximum atomic E-state index is 11.1. The first-order chi connectivity index (χ1) is 8.59. The molecule has 96 valence electrons. The fourth-order valence-electron chi connectivity index (χ4n) is 2.63. The average molecular weight is 246 g/mol. The van der Waals surface area contributed by atoms with Crippen LogP contribution in [-0.4, -0.2) is 11.9 Å². The minimum absolute atomic E-state index is 0.0283. The van der Waals surface area contributed by atoms with E-state index in [4.69, 9.17) is 0 Å². The molecule has 0 aliphatic heterocycles. The Labute approximate surface area is 105 Å². The molecule has 1 saturated carbocycles. The van der Waals surface area contributed by atoms with Crippen molar-refractivity contribution in [1.82, 2.24) is 0 Å². The number of rotatable bonds is 3. The van der Waals surface area contributed by atoms with Crippen molar-refractivity contribution in [2.45, 2.75) is 38.0 Å². The van der Waals surface area contributed by atoms with Crippen molar-refractivity contribution >= 4 is 11.9 Å². The molecule has 1 aliphatic carbocycles. The molecule has 4 heteroatoms. The van der Waals surface area contributed by atoms with Gasteiger partial charge in [0, 0.05) is 5.56 Å². The number of carbonyl (C=O) groups is 2. The molecule has 0 saturated heterocycles. The van der Waals surface area contributed by atoms with E-state index in [0.717, 1.165) is 32.1 Å². The van der Waals surface area contributed by atoms with Gasteiger partial charge in [-0.1, -0.05) is 31.4 Å². The molecular formula is C14H14O4-2. The predicted octanol–water partition coefficient (Wildman–Crippen LogP) is 0.461. The fourth-order valence-corrected chi connectivity index (χ4v) is 2.63. The summed E-state index contributed by atoms with van der Waals surface area (Å²) < 4.78 is 0. The minimum atomic E-state index is -1.28. The molecule has 1 fully saturated rings. The lowest BCUT2D eigenvalue weighted by Gasteiger charge is -2.25. The van der Waals surface area contributed by atoms with Gasteiger partial charge in [-0.05, 0) is 36.0 Å². The summed E-state index contributed by atoms with van der Waals surface area (Å²) in [5, 5.41) is 21.9. The standard InChI is InChI=1S/C14H16O4/c15-13(16)10-6-7-11(14(17)18)12(8-10)9-4-2-1-3-5-9/h6-9H,1-5H2,(H,15,16)(H,17,18)/p-2. The smallest absolute Gasteiger partial charge is 0.0718 e. The Morgan fingerprint density at radius 2 is 1.67 bits per heavy atom. The zero-order chi connectivity index (χ0) is 13.1. The molecule has 0 atom stereocenters. The summed E-state index contributed by atoms with van der Waals surface area (Å²) in [6, 6.07) is 3.99. The molecule has 18 heavy (non-hydrogen) atoms. The van der Waals surface area contributed by atoms with Crippen molar-refractivity contribution in [3.05, 3.63) is 34.9 Å². The molecule has 0 unspecified atom stereocenters. The summed E-state index contributed by atoms with van der Waals surface area (Å²) >= 11 is 0. The van der Waals surface area contributed by atoms with Crippen molar-refractivity contribution in [3.8, 4) is 0 Å². The number of hydrogen-bond donors (Lipinski definition) is 0. The predicted molar refractivity (Wildman–Crippen MR) is 60.9 cm³/mol. The third kappa shape index (κ3) is 2.53. The summed E-state index contributed by atoms with van der Waals surface area (Å²) in [6.45, 7) is 0. The van der Waals surface area contributed by atoms with Crippen LogP contribution in [0.2, 0.25) is 0 Å². The third-order valence-corrected chi connectivity index (χ3v) is 3.55. The van der Waals surface area contributed by atoms with Crippen molar-refractivity contribution in [2.24, 2.45) is 0 Å². The molecule has 0 heterocycles. The SMILES string of the molecule is O=C([O-])c1ccc(C(=O)[O-])c(C2CCCCC2)c1. The van der Waals surface area contributed by atoms with Gasteiger partial charge < -0.3 is 19.8 Å². The summed E-state index contributed by atoms with van der Waals surface area (Å²) in [6.07, 6.45) is 5.05. The van der Waals surface area contributed by atoms with E-state index >= 15 is 0 Å². The van der Waals surface area contributed by atoms with Gasteiger partial charge in [0.2, 0.25) is 0 Å². The number of hydrogen-bond acceptors (Lipinski definition) is 4. The summed E-state index contributed by atoms with van der Waals surface area (Å²) in [7, 11) is 0. The van der Waals surface area contributed by atoms with Crippen LogP contribution in [0.3, 0.4) is 0 Å². The van der Waals surface area contributed by atoms with Gasteiger partial charge in [0.15, 0.2) is 0 Å². The topological polar surface area (TPSA) is 80.3 Å². The molecule has 1 aliphatic rings. The Hall–Kier alpha value is -1.84. The maximum Gasteiger partial charge on any atom is 0.0718 e. The zero-order valence-electron chi connectivity index (χ0n) is 9.98. The van der Waals surface area contributed by atoms with Gasteiger partial charge in [-0.15, -0.1) is 0 Å². The van der Waals surface area contributed by atoms with Crippen LogP contribution < -0.4 is 10.2 Å². The molecule has 1 aromatic carbocycles. The molecule has 0 radical (unpaired) electrons. The van der Waals surface area contributed by atoms with E-state index in [0.29, 0.717) is 5.56 Å². The highest BCUT2D eigenvalue weighted by atomic mass is 16.4. The van der Waals surface area contributed by atoms with Crippen molar-refractivity contribution in [1.29, 1.82) is 0 Å². The molecule has 0 N–H and O–H groups in total. The van der Waals surface area contributed by atoms with Crippen LogP contribution in [-0.2, 0) is 0 Å². The quantitative estimate of drug-likeness (QED) is 0.776. The minimum Gasteiger partial charge on any atom is -0.545 e. The van der Waals surface area contributed by atoms with Crippen LogP contribution in [0.5, 0.6) is 0 Å². The summed E-state index contributed by atoms with van der Waals surface area (Å²) in [4.78, 5) is 21.9. The molecule has 2 rings (SSSR count). The summed E-state index contributed by atoms with van der Waals surface area (Å²) in [5.74, 6) is -2.41. The van der Waals surface area contributed by atoms with E-state index in [-0.39, 0.29) is 17.0 Å². The molecule has 0 bridgehead atoms. The van der Waals surface area contributed by atoms with E-state index in [2.05, 4.69) is 0 Å². The average Bonchev–Trinajstić information content (AvgIpc) is 2.39. The number of carboxylic acid groups (broad SMARTS) is 2. The van der Waals surface area contributed by atoms with Crippen LogP contribution >= 0.6 is 0 Å². The maximum absolute atomic E-state index is 11.1. The first kappa shape index (κ1) is 12.6. The Balaban J connectivity index is 2.42. The third-order valence-electron chi connectivity index (χ3n) is 3.55. The van der Waals surface area contributed by atoms with E-state index in [1.807, 2.05) is 0 Å². The van der Waals surface area contributed by atoms with Gasteiger partial charge in [0.25, 0.3) is 0 Å². The molecule has 1 aromatic rings. The number of benzene rings is 1. The Bertz CT molecular complexity index is 473. The zero-order valence-corrected chi connectivity index (χ0v) is 9.98. The second-order valence-electron chi connectivity index (χ2n) is 4.71. The van der Waals surface area contributed by atoms with Gasteiger partial charge in [0.1, 0.15) is 0 Å². The van der Waals surface area contributed by atoms with Crippen molar-refractivity contribution < 1.29 is 19.8 Å². The van der Waals surface area contributed by atoms with Crippen LogP contribution in [0.4, 0.5) is 0 Å². The number of carboxylic acids is 2. The lowest BCUT2D eigenvalue weighted by molar-refractivity contribution is -0.256. The highest BCUT2D eigenvalue weighted by molar-refractivity contribution is 5.91. The van der Waals surface area contributed by atoms with Crippen LogP contribution in [0.25, 0.3) is 0 Å². The van der Waals surface area contributed by atoms with Crippen molar-refractivity contribution in [3.63, 3.8) is 0 Å². The van der Waals surface area contributed by atoms with Crippen molar-refractivity contribution in [2.75, 3.05) is 0 Å². The first-order valence-corrected chi connectivity index (χ1v) is 6.16. The second kappa shape index (κ2) is 5.21. The van der Waals surface area contributed by atoms with Crippen LogP contribution in [0.15, 0.2) is 18.2 Å². The van der Waals surface area contributed by atoms with Gasteiger partial charge in [0.05, 0.1) is 11.9 Å². The second-order valence-corrected chi connectivity index (χ2v) is 4.71. The Kier molecular flexibility index (Phi) is 3.65. The monoisotopic (exact) mass is 246 g/mol. The summed E-state index contributed by atoms with van der Waals surface area (Å²) in [5.41, 5.74) is 0.712. The van der Waals surface area contributed by atoms with Crippen LogP contribution in [0.1, 0.15) is 64.3 Å². The number of carbonyl (C=O) groups excluding carboxylic acids is 2.